The van der Waals surface area contributed by atoms with Crippen LogP contribution in [0.4, 0.5) is 5.69 Å². The zero-order valence-electron chi connectivity index (χ0n) is 12.2. The Bertz CT molecular complexity index is 619. The second-order valence-corrected chi connectivity index (χ2v) is 6.22. The normalized spacial score (nSPS) is 11.4. The predicted octanol–water partition coefficient (Wildman–Crippen LogP) is 3.06. The number of benzene rings is 1. The SMILES string of the molecule is CNC(C)(C)C(=O)Nc1cccc(-c2csc(C)n2)c1. The average Bonchev–Trinajstić information content (AvgIpc) is 2.85. The van der Waals surface area contributed by atoms with Gasteiger partial charge in [0, 0.05) is 16.6 Å². The monoisotopic (exact) mass is 289 g/mol. The van der Waals surface area contributed by atoms with Crippen LogP contribution in [0.1, 0.15) is 18.9 Å². The van der Waals surface area contributed by atoms with Gasteiger partial charge in [0.2, 0.25) is 5.91 Å². The molecule has 0 fully saturated rings. The third-order valence-electron chi connectivity index (χ3n) is 3.23. The summed E-state index contributed by atoms with van der Waals surface area (Å²) in [5, 5.41) is 8.97. The maximum Gasteiger partial charge on any atom is 0.244 e. The van der Waals surface area contributed by atoms with Crippen molar-refractivity contribution >= 4 is 22.9 Å². The van der Waals surface area contributed by atoms with E-state index >= 15 is 0 Å². The van der Waals surface area contributed by atoms with E-state index in [-0.39, 0.29) is 5.91 Å². The van der Waals surface area contributed by atoms with Crippen LogP contribution in [0.25, 0.3) is 11.3 Å². The maximum atomic E-state index is 12.1. The Labute approximate surface area is 123 Å². The lowest BCUT2D eigenvalue weighted by Crippen LogP contribution is -2.47. The van der Waals surface area contributed by atoms with E-state index in [0.717, 1.165) is 22.0 Å². The highest BCUT2D eigenvalue weighted by molar-refractivity contribution is 7.09. The van der Waals surface area contributed by atoms with E-state index in [9.17, 15) is 4.79 Å². The maximum absolute atomic E-state index is 12.1. The van der Waals surface area contributed by atoms with E-state index in [4.69, 9.17) is 0 Å². The number of rotatable bonds is 4. The summed E-state index contributed by atoms with van der Waals surface area (Å²) in [6.45, 7) is 5.67. The number of thiazole rings is 1. The molecule has 0 saturated heterocycles. The van der Waals surface area contributed by atoms with Gasteiger partial charge in [-0.15, -0.1) is 11.3 Å². The van der Waals surface area contributed by atoms with Crippen molar-refractivity contribution in [1.82, 2.24) is 10.3 Å². The van der Waals surface area contributed by atoms with Gasteiger partial charge in [0.25, 0.3) is 0 Å². The summed E-state index contributed by atoms with van der Waals surface area (Å²) in [5.41, 5.74) is 2.13. The van der Waals surface area contributed by atoms with E-state index in [1.807, 2.05) is 50.4 Å². The van der Waals surface area contributed by atoms with Crippen molar-refractivity contribution in [3.05, 3.63) is 34.7 Å². The van der Waals surface area contributed by atoms with Gasteiger partial charge in [-0.2, -0.15) is 0 Å². The number of carbonyl (C=O) groups excluding carboxylic acids is 1. The summed E-state index contributed by atoms with van der Waals surface area (Å²) in [4.78, 5) is 16.6. The molecule has 0 radical (unpaired) electrons. The number of aromatic nitrogens is 1. The van der Waals surface area contributed by atoms with Gasteiger partial charge in [-0.05, 0) is 40.0 Å². The van der Waals surface area contributed by atoms with E-state index in [2.05, 4.69) is 15.6 Å². The Hall–Kier alpha value is -1.72. The molecule has 2 N–H and O–H groups in total. The quantitative estimate of drug-likeness (QED) is 0.909. The lowest BCUT2D eigenvalue weighted by atomic mass is 10.0. The van der Waals surface area contributed by atoms with Crippen LogP contribution in [0, 0.1) is 6.92 Å². The summed E-state index contributed by atoms with van der Waals surface area (Å²) in [7, 11) is 1.77. The second-order valence-electron chi connectivity index (χ2n) is 5.16. The Morgan fingerprint density at radius 3 is 2.70 bits per heavy atom. The largest absolute Gasteiger partial charge is 0.324 e. The molecule has 5 heteroatoms. The Morgan fingerprint density at radius 2 is 2.10 bits per heavy atom. The van der Waals surface area contributed by atoms with Gasteiger partial charge >= 0.3 is 0 Å². The third-order valence-corrected chi connectivity index (χ3v) is 4.00. The minimum absolute atomic E-state index is 0.0633. The molecule has 1 amide bonds. The van der Waals surface area contributed by atoms with Gasteiger partial charge < -0.3 is 10.6 Å². The number of anilines is 1. The zero-order chi connectivity index (χ0) is 14.8. The Kier molecular flexibility index (Phi) is 4.20. The minimum Gasteiger partial charge on any atom is -0.324 e. The number of nitrogens with one attached hydrogen (secondary N) is 2. The molecule has 0 aliphatic heterocycles. The summed E-state index contributed by atoms with van der Waals surface area (Å²) in [6, 6.07) is 7.74. The molecule has 1 aromatic carbocycles. The highest BCUT2D eigenvalue weighted by Gasteiger charge is 2.25. The van der Waals surface area contributed by atoms with E-state index in [1.54, 1.807) is 18.4 Å². The lowest BCUT2D eigenvalue weighted by molar-refractivity contribution is -0.121. The molecule has 0 spiro atoms. The van der Waals surface area contributed by atoms with Crippen molar-refractivity contribution in [3.63, 3.8) is 0 Å². The van der Waals surface area contributed by atoms with E-state index < -0.39 is 5.54 Å². The zero-order valence-corrected chi connectivity index (χ0v) is 13.0. The highest BCUT2D eigenvalue weighted by Crippen LogP contribution is 2.24. The lowest BCUT2D eigenvalue weighted by Gasteiger charge is -2.22. The number of likely N-dealkylation sites (N-methyl/N-ethyl adjacent to an activating group) is 1. The van der Waals surface area contributed by atoms with Gasteiger partial charge in [0.05, 0.1) is 16.2 Å². The van der Waals surface area contributed by atoms with Crippen LogP contribution >= 0.6 is 11.3 Å². The number of hydrogen-bond donors (Lipinski definition) is 2. The predicted molar refractivity (Wildman–Crippen MR) is 84.1 cm³/mol. The standard InChI is InChI=1S/C15H19N3OS/c1-10-17-13(9-20-10)11-6-5-7-12(8-11)18-14(19)15(2,3)16-4/h5-9,16H,1-4H3,(H,18,19). The molecule has 0 saturated carbocycles. The molecule has 106 valence electrons. The fraction of sp³-hybridized carbons (Fsp3) is 0.333. The number of hydrogen-bond acceptors (Lipinski definition) is 4. The minimum atomic E-state index is -0.604. The Morgan fingerprint density at radius 1 is 1.35 bits per heavy atom. The first-order chi connectivity index (χ1) is 9.42. The van der Waals surface area contributed by atoms with Gasteiger partial charge in [0.1, 0.15) is 0 Å². The number of carbonyl (C=O) groups is 1. The molecule has 1 aromatic heterocycles. The van der Waals surface area contributed by atoms with Crippen molar-refractivity contribution in [2.45, 2.75) is 26.3 Å². The van der Waals surface area contributed by atoms with Crippen LogP contribution in [-0.2, 0) is 4.79 Å². The average molecular weight is 289 g/mol. The van der Waals surface area contributed by atoms with Crippen LogP contribution in [0.2, 0.25) is 0 Å². The molecule has 0 aliphatic carbocycles. The fourth-order valence-electron chi connectivity index (χ4n) is 1.65. The first-order valence-corrected chi connectivity index (χ1v) is 7.33. The molecule has 1 heterocycles. The third kappa shape index (κ3) is 3.23. The van der Waals surface area contributed by atoms with Gasteiger partial charge in [-0.3, -0.25) is 4.79 Å². The molecule has 0 atom stereocenters. The van der Waals surface area contributed by atoms with Crippen LogP contribution in [0.3, 0.4) is 0 Å². The summed E-state index contributed by atoms with van der Waals surface area (Å²) >= 11 is 1.62. The summed E-state index contributed by atoms with van der Waals surface area (Å²) < 4.78 is 0. The van der Waals surface area contributed by atoms with Crippen LogP contribution < -0.4 is 10.6 Å². The highest BCUT2D eigenvalue weighted by atomic mass is 32.1. The molecule has 20 heavy (non-hydrogen) atoms. The number of nitrogens with zero attached hydrogens (tertiary/aromatic N) is 1. The summed E-state index contributed by atoms with van der Waals surface area (Å²) in [6.07, 6.45) is 0. The molecular weight excluding hydrogens is 270 g/mol. The van der Waals surface area contributed by atoms with Gasteiger partial charge in [-0.25, -0.2) is 4.98 Å². The first-order valence-electron chi connectivity index (χ1n) is 6.45. The van der Waals surface area contributed by atoms with Gasteiger partial charge in [-0.1, -0.05) is 12.1 Å². The smallest absolute Gasteiger partial charge is 0.244 e. The second kappa shape index (κ2) is 5.73. The number of aryl methyl sites for hydroxylation is 1. The number of amides is 1. The molecule has 2 rings (SSSR count). The molecular formula is C15H19N3OS. The van der Waals surface area contributed by atoms with Crippen LogP contribution in [-0.4, -0.2) is 23.5 Å². The van der Waals surface area contributed by atoms with E-state index in [1.165, 1.54) is 0 Å². The van der Waals surface area contributed by atoms with Crippen molar-refractivity contribution in [3.8, 4) is 11.3 Å². The van der Waals surface area contributed by atoms with Crippen molar-refractivity contribution in [2.24, 2.45) is 0 Å². The molecule has 4 nitrogen and oxygen atoms in total. The van der Waals surface area contributed by atoms with Crippen LogP contribution in [0.15, 0.2) is 29.6 Å². The Balaban J connectivity index is 2.21. The van der Waals surface area contributed by atoms with Gasteiger partial charge in [0.15, 0.2) is 0 Å². The first kappa shape index (κ1) is 14.7. The molecule has 0 aliphatic rings. The van der Waals surface area contributed by atoms with Crippen molar-refractivity contribution < 1.29 is 4.79 Å². The van der Waals surface area contributed by atoms with Crippen LogP contribution in [0.5, 0.6) is 0 Å². The van der Waals surface area contributed by atoms with Crippen molar-refractivity contribution in [2.75, 3.05) is 12.4 Å². The summed E-state index contributed by atoms with van der Waals surface area (Å²) in [5.74, 6) is -0.0633. The van der Waals surface area contributed by atoms with E-state index in [0.29, 0.717) is 0 Å². The fourth-order valence-corrected chi connectivity index (χ4v) is 2.28. The molecule has 2 aromatic rings. The topological polar surface area (TPSA) is 54.0 Å². The molecule has 0 bridgehead atoms. The molecule has 0 unspecified atom stereocenters. The van der Waals surface area contributed by atoms with Crippen molar-refractivity contribution in [1.29, 1.82) is 0 Å².